The van der Waals surface area contributed by atoms with Crippen molar-refractivity contribution in [3.8, 4) is 0 Å². The third kappa shape index (κ3) is 3.48. The third-order valence-corrected chi connectivity index (χ3v) is 2.86. The monoisotopic (exact) mass is 354 g/mol. The van der Waals surface area contributed by atoms with E-state index in [4.69, 9.17) is 9.47 Å². The normalized spacial score (nSPS) is 19.5. The summed E-state index contributed by atoms with van der Waals surface area (Å²) >= 11 is 1.80. The molecule has 6 nitrogen and oxygen atoms in total. The molecule has 1 heterocycles. The van der Waals surface area contributed by atoms with Crippen molar-refractivity contribution in [1.82, 2.24) is 0 Å². The fraction of sp³-hybridized carbons (Fsp3) is 0.600. The number of carbonyl (C=O) groups is 4. The number of hydrogen-bond donors (Lipinski definition) is 0. The molecular formula is C10H11IO6. The molecule has 7 heteroatoms. The lowest BCUT2D eigenvalue weighted by Crippen LogP contribution is -2.49. The third-order valence-electron chi connectivity index (χ3n) is 2.01. The Kier molecular flexibility index (Phi) is 4.23. The summed E-state index contributed by atoms with van der Waals surface area (Å²) in [5, 5.41) is 0. The Hall–Kier alpha value is -0.990. The molecule has 17 heavy (non-hydrogen) atoms. The maximum Gasteiger partial charge on any atom is 0.331 e. The van der Waals surface area contributed by atoms with Gasteiger partial charge in [-0.2, -0.15) is 0 Å². The number of alkyl halides is 1. The molecule has 94 valence electrons. The van der Waals surface area contributed by atoms with E-state index in [0.717, 1.165) is 0 Å². The fourth-order valence-corrected chi connectivity index (χ4v) is 1.60. The first-order chi connectivity index (χ1) is 7.76. The number of carbonyl (C=O) groups excluding carboxylic acids is 4. The molecule has 0 aliphatic carbocycles. The van der Waals surface area contributed by atoms with Crippen molar-refractivity contribution in [1.29, 1.82) is 0 Å². The number of ketones is 2. The van der Waals surface area contributed by atoms with E-state index < -0.39 is 35.8 Å². The van der Waals surface area contributed by atoms with Crippen molar-refractivity contribution in [3.05, 3.63) is 0 Å². The molecule has 0 atom stereocenters. The lowest BCUT2D eigenvalue weighted by molar-refractivity contribution is -0.238. The molecule has 0 N–H and O–H groups in total. The Morgan fingerprint density at radius 3 is 2.12 bits per heavy atom. The van der Waals surface area contributed by atoms with Gasteiger partial charge in [0.05, 0.1) is 10.8 Å². The summed E-state index contributed by atoms with van der Waals surface area (Å²) in [6.07, 6.45) is -0.460. The van der Waals surface area contributed by atoms with Gasteiger partial charge in [-0.3, -0.25) is 19.2 Å². The molecule has 1 aliphatic rings. The van der Waals surface area contributed by atoms with Crippen LogP contribution in [0.15, 0.2) is 0 Å². The lowest BCUT2D eigenvalue weighted by atomic mass is 9.99. The number of cyclic esters (lactones) is 2. The van der Waals surface area contributed by atoms with Gasteiger partial charge >= 0.3 is 11.9 Å². The van der Waals surface area contributed by atoms with Gasteiger partial charge in [0.15, 0.2) is 5.78 Å². The number of halogens is 1. The molecule has 0 aromatic carbocycles. The molecule has 0 radical (unpaired) electrons. The predicted octanol–water partition coefficient (Wildman–Crippen LogP) is 0.402. The number of hydrogen-bond acceptors (Lipinski definition) is 6. The molecule has 1 saturated heterocycles. The van der Waals surface area contributed by atoms with Crippen molar-refractivity contribution in [2.45, 2.75) is 26.1 Å². The lowest BCUT2D eigenvalue weighted by Gasteiger charge is -2.32. The summed E-state index contributed by atoms with van der Waals surface area (Å²) in [7, 11) is 0. The van der Waals surface area contributed by atoms with Crippen LogP contribution in [0, 0.1) is 5.92 Å². The van der Waals surface area contributed by atoms with Crippen molar-refractivity contribution in [3.63, 3.8) is 0 Å². The maximum absolute atomic E-state index is 11.6. The highest BCUT2D eigenvalue weighted by Crippen LogP contribution is 2.24. The smallest absolute Gasteiger partial charge is 0.331 e. The average Bonchev–Trinajstić information content (AvgIpc) is 2.13. The number of Topliss-reactive ketones (excluding diaryl/α,β-unsaturated/α-hetero) is 2. The first-order valence-corrected chi connectivity index (χ1v) is 6.35. The van der Waals surface area contributed by atoms with E-state index in [0.29, 0.717) is 0 Å². The quantitative estimate of drug-likeness (QED) is 0.314. The molecular weight excluding hydrogens is 343 g/mol. The predicted molar refractivity (Wildman–Crippen MR) is 63.3 cm³/mol. The highest BCUT2D eigenvalue weighted by molar-refractivity contribution is 14.1. The van der Waals surface area contributed by atoms with Gasteiger partial charge in [0.25, 0.3) is 5.79 Å². The standard InChI is InChI=1S/C10H11IO6/c1-10(2)16-8(14)7(9(15)17-10)6(13)3-5(12)4-11/h7H,3-4H2,1-2H3. The van der Waals surface area contributed by atoms with Crippen LogP contribution in [0.4, 0.5) is 0 Å². The van der Waals surface area contributed by atoms with Gasteiger partial charge in [-0.1, -0.05) is 22.6 Å². The Bertz CT molecular complexity index is 366. The van der Waals surface area contributed by atoms with E-state index in [1.165, 1.54) is 13.8 Å². The zero-order valence-electron chi connectivity index (χ0n) is 9.32. The summed E-state index contributed by atoms with van der Waals surface area (Å²) in [5.41, 5.74) is 0. The molecule has 0 bridgehead atoms. The molecule has 0 amide bonds. The first-order valence-electron chi connectivity index (χ1n) is 4.83. The second-order valence-corrected chi connectivity index (χ2v) is 4.75. The van der Waals surface area contributed by atoms with E-state index in [9.17, 15) is 19.2 Å². The second-order valence-electron chi connectivity index (χ2n) is 3.99. The van der Waals surface area contributed by atoms with Crippen molar-refractivity contribution >= 4 is 46.1 Å². The molecule has 0 aromatic rings. The molecule has 0 aromatic heterocycles. The largest absolute Gasteiger partial charge is 0.422 e. The zero-order valence-corrected chi connectivity index (χ0v) is 11.5. The summed E-state index contributed by atoms with van der Waals surface area (Å²) in [5.74, 6) is -6.04. The topological polar surface area (TPSA) is 86.7 Å². The Morgan fingerprint density at radius 1 is 1.24 bits per heavy atom. The summed E-state index contributed by atoms with van der Waals surface area (Å²) < 4.78 is 9.70. The molecule has 1 fully saturated rings. The highest BCUT2D eigenvalue weighted by atomic mass is 127. The SMILES string of the molecule is CC1(C)OC(=O)C(C(=O)CC(=O)CI)C(=O)O1. The van der Waals surface area contributed by atoms with Gasteiger partial charge in [-0.05, 0) is 0 Å². The first kappa shape index (κ1) is 14.1. The van der Waals surface area contributed by atoms with E-state index in [2.05, 4.69) is 0 Å². The zero-order chi connectivity index (χ0) is 13.2. The average molecular weight is 354 g/mol. The molecule has 1 aliphatic heterocycles. The van der Waals surface area contributed by atoms with Crippen LogP contribution in [0.2, 0.25) is 0 Å². The minimum absolute atomic E-state index is 0.145. The van der Waals surface area contributed by atoms with Gasteiger partial charge in [-0.25, -0.2) is 0 Å². The highest BCUT2D eigenvalue weighted by Gasteiger charge is 2.47. The minimum atomic E-state index is -1.63. The van der Waals surface area contributed by atoms with E-state index in [1.54, 1.807) is 22.6 Å². The van der Waals surface area contributed by atoms with Crippen molar-refractivity contribution in [2.24, 2.45) is 5.92 Å². The van der Waals surface area contributed by atoms with E-state index in [-0.39, 0.29) is 10.2 Å². The Balaban J connectivity index is 2.78. The van der Waals surface area contributed by atoms with Gasteiger partial charge in [0, 0.05) is 13.8 Å². The van der Waals surface area contributed by atoms with Gasteiger partial charge in [0.1, 0.15) is 5.78 Å². The molecule has 0 saturated carbocycles. The van der Waals surface area contributed by atoms with Crippen LogP contribution in [0.25, 0.3) is 0 Å². The van der Waals surface area contributed by atoms with Crippen LogP contribution in [0.1, 0.15) is 20.3 Å². The fourth-order valence-electron chi connectivity index (χ4n) is 1.33. The van der Waals surface area contributed by atoms with Crippen molar-refractivity contribution in [2.75, 3.05) is 4.43 Å². The van der Waals surface area contributed by atoms with E-state index in [1.807, 2.05) is 0 Å². The van der Waals surface area contributed by atoms with Gasteiger partial charge < -0.3 is 9.47 Å². The summed E-state index contributed by atoms with van der Waals surface area (Å²) in [6.45, 7) is 2.78. The Morgan fingerprint density at radius 2 is 1.71 bits per heavy atom. The van der Waals surface area contributed by atoms with Crippen molar-refractivity contribution < 1.29 is 28.7 Å². The van der Waals surface area contributed by atoms with Crippen LogP contribution in [0.5, 0.6) is 0 Å². The van der Waals surface area contributed by atoms with Gasteiger partial charge in [-0.15, -0.1) is 0 Å². The van der Waals surface area contributed by atoms with Crippen LogP contribution in [-0.4, -0.2) is 33.7 Å². The number of rotatable bonds is 4. The number of ether oxygens (including phenoxy) is 2. The summed E-state index contributed by atoms with van der Waals surface area (Å²) in [6, 6.07) is 0. The second kappa shape index (κ2) is 5.11. The van der Waals surface area contributed by atoms with Crippen LogP contribution < -0.4 is 0 Å². The Labute approximate surface area is 111 Å². The minimum Gasteiger partial charge on any atom is -0.422 e. The van der Waals surface area contributed by atoms with Crippen LogP contribution >= 0.6 is 22.6 Å². The van der Waals surface area contributed by atoms with Crippen LogP contribution in [-0.2, 0) is 28.7 Å². The van der Waals surface area contributed by atoms with Crippen LogP contribution in [0.3, 0.4) is 0 Å². The molecule has 0 unspecified atom stereocenters. The molecule has 1 rings (SSSR count). The molecule has 0 spiro atoms. The maximum atomic E-state index is 11.6. The van der Waals surface area contributed by atoms with Gasteiger partial charge in [0.2, 0.25) is 5.92 Å². The number of esters is 2. The summed E-state index contributed by atoms with van der Waals surface area (Å²) in [4.78, 5) is 45.6. The van der Waals surface area contributed by atoms with E-state index >= 15 is 0 Å².